The van der Waals surface area contributed by atoms with E-state index in [1.54, 1.807) is 12.1 Å². The van der Waals surface area contributed by atoms with Crippen molar-refractivity contribution in [2.24, 2.45) is 0 Å². The smallest absolute Gasteiger partial charge is 0.294 e. The Morgan fingerprint density at radius 2 is 1.52 bits per heavy atom. The van der Waals surface area contributed by atoms with Gasteiger partial charge in [0.1, 0.15) is 0 Å². The van der Waals surface area contributed by atoms with Crippen LogP contribution in [-0.4, -0.2) is 24.7 Å². The van der Waals surface area contributed by atoms with Crippen molar-refractivity contribution in [3.63, 3.8) is 0 Å². The highest BCUT2D eigenvalue weighted by molar-refractivity contribution is 7.85. The Bertz CT molecular complexity index is 1040. The number of aliphatic hydroxyl groups excluding tert-OH is 1. The summed E-state index contributed by atoms with van der Waals surface area (Å²) in [4.78, 5) is -0.0666. The number of rotatable bonds is 5. The van der Waals surface area contributed by atoms with Gasteiger partial charge in [-0.15, -0.1) is 0 Å². The Labute approximate surface area is 176 Å². The minimum absolute atomic E-state index is 0.0666. The SMILES string of the molecule is Cc1ccc(S(=O)(=O)O)cc1.OCCC=C(c1ccccc1)c1ccccc1Cl. The molecule has 0 bridgehead atoms. The van der Waals surface area contributed by atoms with E-state index in [0.717, 1.165) is 27.3 Å². The highest BCUT2D eigenvalue weighted by atomic mass is 35.5. The lowest BCUT2D eigenvalue weighted by Gasteiger charge is -2.10. The monoisotopic (exact) mass is 430 g/mol. The van der Waals surface area contributed by atoms with Crippen molar-refractivity contribution in [3.8, 4) is 0 Å². The van der Waals surface area contributed by atoms with Crippen molar-refractivity contribution < 1.29 is 18.1 Å². The van der Waals surface area contributed by atoms with Crippen molar-refractivity contribution >= 4 is 27.3 Å². The Kier molecular flexibility index (Phi) is 8.61. The van der Waals surface area contributed by atoms with Gasteiger partial charge in [0.05, 0.1) is 4.90 Å². The van der Waals surface area contributed by atoms with Crippen LogP contribution >= 0.6 is 11.6 Å². The number of aliphatic hydroxyl groups is 1. The summed E-state index contributed by atoms with van der Waals surface area (Å²) in [6.07, 6.45) is 2.64. The second-order valence-electron chi connectivity index (χ2n) is 6.26. The normalized spacial score (nSPS) is 11.5. The van der Waals surface area contributed by atoms with Gasteiger partial charge in [-0.1, -0.05) is 83.9 Å². The number of hydrogen-bond donors (Lipinski definition) is 2. The number of benzene rings is 3. The minimum Gasteiger partial charge on any atom is -0.396 e. The van der Waals surface area contributed by atoms with Crippen molar-refractivity contribution in [2.75, 3.05) is 6.61 Å². The topological polar surface area (TPSA) is 74.6 Å². The molecular formula is C23H23ClO4S. The first-order valence-corrected chi connectivity index (χ1v) is 10.8. The van der Waals surface area contributed by atoms with Gasteiger partial charge in [-0.05, 0) is 42.7 Å². The van der Waals surface area contributed by atoms with Crippen molar-refractivity contribution in [1.82, 2.24) is 0 Å². The first-order valence-electron chi connectivity index (χ1n) is 8.98. The average molecular weight is 431 g/mol. The quantitative estimate of drug-likeness (QED) is 0.532. The van der Waals surface area contributed by atoms with Crippen LogP contribution in [0.25, 0.3) is 5.57 Å². The van der Waals surface area contributed by atoms with E-state index in [-0.39, 0.29) is 11.5 Å². The van der Waals surface area contributed by atoms with Crippen LogP contribution in [0, 0.1) is 6.92 Å². The molecule has 0 saturated heterocycles. The maximum absolute atomic E-state index is 10.5. The molecule has 6 heteroatoms. The Morgan fingerprint density at radius 1 is 0.931 bits per heavy atom. The van der Waals surface area contributed by atoms with Crippen molar-refractivity contribution in [3.05, 3.63) is 107 Å². The van der Waals surface area contributed by atoms with E-state index in [4.69, 9.17) is 21.3 Å². The predicted octanol–water partition coefficient (Wildman–Crippen LogP) is 5.40. The highest BCUT2D eigenvalue weighted by Crippen LogP contribution is 2.29. The zero-order chi connectivity index (χ0) is 21.3. The summed E-state index contributed by atoms with van der Waals surface area (Å²) >= 11 is 6.24. The molecule has 0 fully saturated rings. The zero-order valence-electron chi connectivity index (χ0n) is 16.0. The van der Waals surface area contributed by atoms with Crippen LogP contribution in [0.4, 0.5) is 0 Å². The van der Waals surface area contributed by atoms with Gasteiger partial charge in [-0.2, -0.15) is 8.42 Å². The van der Waals surface area contributed by atoms with Crippen molar-refractivity contribution in [2.45, 2.75) is 18.2 Å². The molecule has 152 valence electrons. The minimum atomic E-state index is -4.02. The maximum Gasteiger partial charge on any atom is 0.294 e. The van der Waals surface area contributed by atoms with Gasteiger partial charge in [0.15, 0.2) is 0 Å². The fourth-order valence-corrected chi connectivity index (χ4v) is 3.32. The summed E-state index contributed by atoms with van der Waals surface area (Å²) in [5, 5.41) is 9.73. The van der Waals surface area contributed by atoms with Gasteiger partial charge in [0.2, 0.25) is 0 Å². The van der Waals surface area contributed by atoms with Crippen molar-refractivity contribution in [1.29, 1.82) is 0 Å². The summed E-state index contributed by atoms with van der Waals surface area (Å²) in [6, 6.07) is 23.8. The molecule has 0 saturated carbocycles. The lowest BCUT2D eigenvalue weighted by Crippen LogP contribution is -1.96. The van der Waals surface area contributed by atoms with E-state index in [9.17, 15) is 8.42 Å². The van der Waals surface area contributed by atoms with Gasteiger partial charge < -0.3 is 5.11 Å². The first kappa shape index (κ1) is 22.8. The molecule has 3 aromatic carbocycles. The lowest BCUT2D eigenvalue weighted by atomic mass is 9.97. The molecular weight excluding hydrogens is 408 g/mol. The fourth-order valence-electron chi connectivity index (χ4n) is 2.60. The molecule has 0 spiro atoms. The van der Waals surface area contributed by atoms with E-state index in [1.807, 2.05) is 67.6 Å². The molecule has 0 aromatic heterocycles. The summed E-state index contributed by atoms with van der Waals surface area (Å²) < 4.78 is 29.6. The number of halogens is 1. The summed E-state index contributed by atoms with van der Waals surface area (Å²) in [6.45, 7) is 1.98. The standard InChI is InChI=1S/C16H15ClO.C7H8O3S/c17-16-11-5-4-9-15(16)14(10-6-12-18)13-7-2-1-3-8-13;1-6-2-4-7(5-3-6)11(8,9)10/h1-5,7-11,18H,6,12H2;2-5H,1H3,(H,8,9,10). The Balaban J connectivity index is 0.000000234. The molecule has 0 heterocycles. The number of hydrogen-bond acceptors (Lipinski definition) is 3. The van der Waals surface area contributed by atoms with E-state index in [0.29, 0.717) is 6.42 Å². The van der Waals surface area contributed by atoms with Crippen LogP contribution in [0.15, 0.2) is 89.8 Å². The van der Waals surface area contributed by atoms with Crippen LogP contribution in [0.1, 0.15) is 23.1 Å². The molecule has 3 aromatic rings. The number of aryl methyl sites for hydroxylation is 1. The van der Waals surface area contributed by atoms with Gasteiger partial charge in [0, 0.05) is 17.2 Å². The van der Waals surface area contributed by atoms with Gasteiger partial charge >= 0.3 is 0 Å². The molecule has 3 rings (SSSR count). The average Bonchev–Trinajstić information content (AvgIpc) is 2.70. The molecule has 0 radical (unpaired) electrons. The van der Waals surface area contributed by atoms with E-state index in [2.05, 4.69) is 0 Å². The fraction of sp³-hybridized carbons (Fsp3) is 0.130. The second-order valence-corrected chi connectivity index (χ2v) is 8.09. The van der Waals surface area contributed by atoms with Gasteiger partial charge in [0.25, 0.3) is 10.1 Å². The molecule has 29 heavy (non-hydrogen) atoms. The molecule has 0 atom stereocenters. The summed E-state index contributed by atoms with van der Waals surface area (Å²) in [7, 11) is -4.02. The third-order valence-corrected chi connectivity index (χ3v) is 5.24. The third kappa shape index (κ3) is 7.15. The molecule has 0 unspecified atom stereocenters. The zero-order valence-corrected chi connectivity index (χ0v) is 17.6. The summed E-state index contributed by atoms with van der Waals surface area (Å²) in [5.41, 5.74) is 4.13. The Morgan fingerprint density at radius 3 is 2.07 bits per heavy atom. The van der Waals surface area contributed by atoms with Crippen LogP contribution in [0.2, 0.25) is 5.02 Å². The van der Waals surface area contributed by atoms with E-state index < -0.39 is 10.1 Å². The van der Waals surface area contributed by atoms with Crippen LogP contribution in [0.5, 0.6) is 0 Å². The van der Waals surface area contributed by atoms with Gasteiger partial charge in [-0.3, -0.25) is 4.55 Å². The maximum atomic E-state index is 10.5. The van der Waals surface area contributed by atoms with Crippen LogP contribution in [0.3, 0.4) is 0 Å². The first-order chi connectivity index (χ1) is 13.8. The Hall–Kier alpha value is -2.44. The highest BCUT2D eigenvalue weighted by Gasteiger charge is 2.08. The molecule has 0 aliphatic heterocycles. The second kappa shape index (κ2) is 10.9. The van der Waals surface area contributed by atoms with Crippen LogP contribution in [-0.2, 0) is 10.1 Å². The molecule has 0 aliphatic rings. The molecule has 2 N–H and O–H groups in total. The predicted molar refractivity (Wildman–Crippen MR) is 118 cm³/mol. The molecule has 0 aliphatic carbocycles. The van der Waals surface area contributed by atoms with Crippen LogP contribution < -0.4 is 0 Å². The third-order valence-electron chi connectivity index (χ3n) is 4.05. The molecule has 4 nitrogen and oxygen atoms in total. The molecule has 0 amide bonds. The van der Waals surface area contributed by atoms with Gasteiger partial charge in [-0.25, -0.2) is 0 Å². The summed E-state index contributed by atoms with van der Waals surface area (Å²) in [5.74, 6) is 0. The van der Waals surface area contributed by atoms with E-state index >= 15 is 0 Å². The van der Waals surface area contributed by atoms with E-state index in [1.165, 1.54) is 12.1 Å². The largest absolute Gasteiger partial charge is 0.396 e. The lowest BCUT2D eigenvalue weighted by molar-refractivity contribution is 0.303.